The zero-order chi connectivity index (χ0) is 13.2. The lowest BCUT2D eigenvalue weighted by Crippen LogP contribution is -2.43. The number of halogens is 1. The molecule has 0 radical (unpaired) electrons. The van der Waals surface area contributed by atoms with Crippen molar-refractivity contribution in [2.45, 2.75) is 44.3 Å². The maximum absolute atomic E-state index is 13.8. The third-order valence-corrected chi connectivity index (χ3v) is 4.10. The molecule has 1 N–H and O–H groups in total. The van der Waals surface area contributed by atoms with E-state index in [2.05, 4.69) is 6.92 Å². The first-order valence-corrected chi connectivity index (χ1v) is 6.57. The van der Waals surface area contributed by atoms with Crippen LogP contribution in [0.2, 0.25) is 0 Å². The molecule has 0 heterocycles. The Morgan fingerprint density at radius 3 is 2.78 bits per heavy atom. The van der Waals surface area contributed by atoms with Gasteiger partial charge in [-0.1, -0.05) is 38.0 Å². The van der Waals surface area contributed by atoms with Crippen molar-refractivity contribution < 1.29 is 14.2 Å². The molecule has 2 rings (SSSR count). The molecule has 0 bridgehead atoms. The quantitative estimate of drug-likeness (QED) is 0.892. The molecule has 2 nitrogen and oxygen atoms in total. The first kappa shape index (κ1) is 13.5. The highest BCUT2D eigenvalue weighted by Crippen LogP contribution is 2.43. The summed E-state index contributed by atoms with van der Waals surface area (Å²) in [6.07, 6.45) is 2.82. The van der Waals surface area contributed by atoms with Gasteiger partial charge < -0.3 is 9.84 Å². The Balaban J connectivity index is 2.30. The van der Waals surface area contributed by atoms with E-state index < -0.39 is 11.7 Å². The van der Waals surface area contributed by atoms with Crippen molar-refractivity contribution in [2.24, 2.45) is 5.92 Å². The number of hydrogen-bond donors (Lipinski definition) is 1. The molecular weight excluding hydrogens is 231 g/mol. The number of benzene rings is 1. The van der Waals surface area contributed by atoms with Crippen LogP contribution in [0.5, 0.6) is 0 Å². The summed E-state index contributed by atoms with van der Waals surface area (Å²) in [5.41, 5.74) is -0.298. The van der Waals surface area contributed by atoms with Crippen molar-refractivity contribution in [1.29, 1.82) is 0 Å². The summed E-state index contributed by atoms with van der Waals surface area (Å²) in [5, 5.41) is 10.5. The lowest BCUT2D eigenvalue weighted by atomic mass is 9.74. The fraction of sp³-hybridized carbons (Fsp3) is 0.600. The van der Waals surface area contributed by atoms with Crippen LogP contribution in [0, 0.1) is 11.7 Å². The maximum Gasteiger partial charge on any atom is 0.129 e. The van der Waals surface area contributed by atoms with E-state index in [0.717, 1.165) is 25.7 Å². The molecule has 0 spiro atoms. The number of hydrogen-bond acceptors (Lipinski definition) is 2. The summed E-state index contributed by atoms with van der Waals surface area (Å²) < 4.78 is 19.4. The highest BCUT2D eigenvalue weighted by molar-refractivity contribution is 5.23. The Labute approximate surface area is 108 Å². The van der Waals surface area contributed by atoms with Gasteiger partial charge in [-0.25, -0.2) is 4.39 Å². The van der Waals surface area contributed by atoms with Crippen LogP contribution in [0.15, 0.2) is 24.3 Å². The van der Waals surface area contributed by atoms with Crippen LogP contribution in [0.3, 0.4) is 0 Å². The number of ether oxygens (including phenoxy) is 1. The van der Waals surface area contributed by atoms with Gasteiger partial charge in [-0.2, -0.15) is 0 Å². The minimum atomic E-state index is -0.897. The topological polar surface area (TPSA) is 29.5 Å². The number of aliphatic hydroxyl groups excluding tert-OH is 1. The molecule has 3 atom stereocenters. The van der Waals surface area contributed by atoms with E-state index in [4.69, 9.17) is 4.74 Å². The molecule has 100 valence electrons. The standard InChI is InChI=1S/C15H21FO2/c1-11-6-5-9-15(10-11,18-2)14(17)12-7-3-4-8-13(12)16/h3-4,7-8,11,14,17H,5-6,9-10H2,1-2H3. The van der Waals surface area contributed by atoms with E-state index >= 15 is 0 Å². The van der Waals surface area contributed by atoms with Gasteiger partial charge in [0.25, 0.3) is 0 Å². The van der Waals surface area contributed by atoms with Gasteiger partial charge in [-0.15, -0.1) is 0 Å². The smallest absolute Gasteiger partial charge is 0.129 e. The van der Waals surface area contributed by atoms with Crippen LogP contribution in [-0.2, 0) is 4.74 Å². The van der Waals surface area contributed by atoms with Gasteiger partial charge in [0.1, 0.15) is 11.9 Å². The van der Waals surface area contributed by atoms with Gasteiger partial charge >= 0.3 is 0 Å². The highest BCUT2D eigenvalue weighted by atomic mass is 19.1. The minimum absolute atomic E-state index is 0.341. The summed E-state index contributed by atoms with van der Waals surface area (Å²) in [7, 11) is 1.61. The second kappa shape index (κ2) is 5.37. The number of methoxy groups -OCH3 is 1. The summed E-state index contributed by atoms with van der Waals surface area (Å²) in [6.45, 7) is 2.15. The van der Waals surface area contributed by atoms with Crippen molar-refractivity contribution in [3.8, 4) is 0 Å². The predicted octanol–water partition coefficient (Wildman–Crippen LogP) is 3.45. The SMILES string of the molecule is COC1(C(O)c2ccccc2F)CCCC(C)C1. The zero-order valence-electron chi connectivity index (χ0n) is 11.0. The Bertz CT molecular complexity index is 407. The molecule has 0 aliphatic heterocycles. The molecule has 3 unspecified atom stereocenters. The first-order valence-electron chi connectivity index (χ1n) is 6.57. The van der Waals surface area contributed by atoms with Crippen LogP contribution in [0.1, 0.15) is 44.3 Å². The second-order valence-corrected chi connectivity index (χ2v) is 5.39. The average Bonchev–Trinajstić information content (AvgIpc) is 2.38. The van der Waals surface area contributed by atoms with E-state index in [0.29, 0.717) is 11.5 Å². The van der Waals surface area contributed by atoms with Crippen molar-refractivity contribution in [3.63, 3.8) is 0 Å². The largest absolute Gasteiger partial charge is 0.385 e. The molecular formula is C15H21FO2. The predicted molar refractivity (Wildman–Crippen MR) is 68.7 cm³/mol. The molecule has 18 heavy (non-hydrogen) atoms. The molecule has 1 aliphatic carbocycles. The van der Waals surface area contributed by atoms with Crippen molar-refractivity contribution in [1.82, 2.24) is 0 Å². The Morgan fingerprint density at radius 2 is 2.17 bits per heavy atom. The van der Waals surface area contributed by atoms with Crippen LogP contribution in [0.25, 0.3) is 0 Å². The average molecular weight is 252 g/mol. The Morgan fingerprint density at radius 1 is 1.44 bits per heavy atom. The molecule has 1 aliphatic rings. The molecule has 0 amide bonds. The molecule has 1 saturated carbocycles. The molecule has 1 aromatic rings. The molecule has 3 heteroatoms. The van der Waals surface area contributed by atoms with Crippen molar-refractivity contribution >= 4 is 0 Å². The molecule has 1 fully saturated rings. The van der Waals surface area contributed by atoms with Gasteiger partial charge in [0.05, 0.1) is 5.60 Å². The fourth-order valence-corrected chi connectivity index (χ4v) is 3.07. The Hall–Kier alpha value is -0.930. The molecule has 0 saturated heterocycles. The maximum atomic E-state index is 13.8. The zero-order valence-corrected chi connectivity index (χ0v) is 11.0. The Kier molecular flexibility index (Phi) is 4.03. The number of rotatable bonds is 3. The van der Waals surface area contributed by atoms with Gasteiger partial charge in [0, 0.05) is 12.7 Å². The van der Waals surface area contributed by atoms with Crippen LogP contribution in [0.4, 0.5) is 4.39 Å². The van der Waals surface area contributed by atoms with Gasteiger partial charge in [0.2, 0.25) is 0 Å². The first-order chi connectivity index (χ1) is 8.59. The van der Waals surface area contributed by atoms with Crippen molar-refractivity contribution in [3.05, 3.63) is 35.6 Å². The lowest BCUT2D eigenvalue weighted by Gasteiger charge is -2.42. The normalized spacial score (nSPS) is 30.1. The van der Waals surface area contributed by atoms with E-state index in [9.17, 15) is 9.50 Å². The molecule has 0 aromatic heterocycles. The third kappa shape index (κ3) is 2.43. The van der Waals surface area contributed by atoms with E-state index in [1.54, 1.807) is 25.3 Å². The molecule has 1 aromatic carbocycles. The van der Waals surface area contributed by atoms with Crippen molar-refractivity contribution in [2.75, 3.05) is 7.11 Å². The van der Waals surface area contributed by atoms with Gasteiger partial charge in [-0.05, 0) is 24.8 Å². The minimum Gasteiger partial charge on any atom is -0.385 e. The second-order valence-electron chi connectivity index (χ2n) is 5.39. The van der Waals surface area contributed by atoms with Crippen LogP contribution < -0.4 is 0 Å². The van der Waals surface area contributed by atoms with E-state index in [1.807, 2.05) is 0 Å². The van der Waals surface area contributed by atoms with Crippen LogP contribution >= 0.6 is 0 Å². The summed E-state index contributed by atoms with van der Waals surface area (Å²) in [4.78, 5) is 0. The number of aliphatic hydroxyl groups is 1. The lowest BCUT2D eigenvalue weighted by molar-refractivity contribution is -0.135. The van der Waals surface area contributed by atoms with E-state index in [-0.39, 0.29) is 5.82 Å². The third-order valence-electron chi connectivity index (χ3n) is 4.10. The summed E-state index contributed by atoms with van der Waals surface area (Å²) in [6, 6.07) is 6.40. The van der Waals surface area contributed by atoms with Gasteiger partial charge in [0.15, 0.2) is 0 Å². The monoisotopic (exact) mass is 252 g/mol. The summed E-state index contributed by atoms with van der Waals surface area (Å²) in [5.74, 6) is 0.139. The van der Waals surface area contributed by atoms with E-state index in [1.165, 1.54) is 6.07 Å². The summed E-state index contributed by atoms with van der Waals surface area (Å²) >= 11 is 0. The highest BCUT2D eigenvalue weighted by Gasteiger charge is 2.42. The van der Waals surface area contributed by atoms with Gasteiger partial charge in [-0.3, -0.25) is 0 Å². The van der Waals surface area contributed by atoms with Crippen LogP contribution in [-0.4, -0.2) is 17.8 Å². The fourth-order valence-electron chi connectivity index (χ4n) is 3.07.